The zero-order valence-corrected chi connectivity index (χ0v) is 13.5. The Bertz CT molecular complexity index is 450. The topological polar surface area (TPSA) is 38.2 Å². The molecular formula is C15H24FN3OS. The molecule has 21 heavy (non-hydrogen) atoms. The molecule has 0 aromatic carbocycles. The summed E-state index contributed by atoms with van der Waals surface area (Å²) in [5, 5.41) is 0. The molecule has 1 aliphatic rings. The van der Waals surface area contributed by atoms with Crippen molar-refractivity contribution in [2.24, 2.45) is 0 Å². The minimum absolute atomic E-state index is 0.200. The van der Waals surface area contributed by atoms with Gasteiger partial charge in [-0.2, -0.15) is 4.37 Å². The van der Waals surface area contributed by atoms with Crippen molar-refractivity contribution in [3.63, 3.8) is 0 Å². The first-order valence-corrected chi connectivity index (χ1v) is 8.43. The fraction of sp³-hybridized carbons (Fsp3) is 0.733. The number of alkyl halides is 1. The lowest BCUT2D eigenvalue weighted by Gasteiger charge is -2.22. The van der Waals surface area contributed by atoms with Crippen LogP contribution in [-0.4, -0.2) is 47.1 Å². The van der Waals surface area contributed by atoms with Crippen LogP contribution in [0.25, 0.3) is 5.57 Å². The van der Waals surface area contributed by atoms with Crippen LogP contribution in [0.4, 0.5) is 4.39 Å². The first-order valence-electron chi connectivity index (χ1n) is 7.70. The number of nitrogens with zero attached hydrogens (tertiary/aromatic N) is 3. The van der Waals surface area contributed by atoms with Crippen LogP contribution in [0.2, 0.25) is 0 Å². The van der Waals surface area contributed by atoms with E-state index in [1.54, 1.807) is 0 Å². The van der Waals surface area contributed by atoms with E-state index in [2.05, 4.69) is 26.8 Å². The van der Waals surface area contributed by atoms with Gasteiger partial charge in [0.15, 0.2) is 0 Å². The third-order valence-electron chi connectivity index (χ3n) is 3.62. The van der Waals surface area contributed by atoms with E-state index in [1.807, 2.05) is 0 Å². The molecule has 0 saturated carbocycles. The smallest absolute Gasteiger partial charge is 0.253 e. The highest BCUT2D eigenvalue weighted by Gasteiger charge is 2.18. The van der Waals surface area contributed by atoms with Crippen LogP contribution >= 0.6 is 11.7 Å². The van der Waals surface area contributed by atoms with Crippen LogP contribution in [-0.2, 0) is 0 Å². The van der Waals surface area contributed by atoms with E-state index in [0.717, 1.165) is 50.9 Å². The van der Waals surface area contributed by atoms with Gasteiger partial charge < -0.3 is 9.64 Å². The van der Waals surface area contributed by atoms with E-state index < -0.39 is 0 Å². The molecule has 0 unspecified atom stereocenters. The second-order valence-corrected chi connectivity index (χ2v) is 6.01. The van der Waals surface area contributed by atoms with Gasteiger partial charge >= 0.3 is 0 Å². The summed E-state index contributed by atoms with van der Waals surface area (Å²) in [5.74, 6) is 0.672. The summed E-state index contributed by atoms with van der Waals surface area (Å²) < 4.78 is 26.4. The Kier molecular flexibility index (Phi) is 7.09. The first kappa shape index (κ1) is 16.4. The summed E-state index contributed by atoms with van der Waals surface area (Å²) in [6.07, 6.45) is 8.09. The number of unbranched alkanes of at least 4 members (excludes halogenated alkanes) is 4. The van der Waals surface area contributed by atoms with Crippen LogP contribution in [0.15, 0.2) is 6.08 Å². The molecule has 0 aliphatic carbocycles. The van der Waals surface area contributed by atoms with Crippen molar-refractivity contribution in [2.75, 3.05) is 33.4 Å². The Morgan fingerprint density at radius 1 is 1.24 bits per heavy atom. The third-order valence-corrected chi connectivity index (χ3v) is 4.13. The summed E-state index contributed by atoms with van der Waals surface area (Å²) in [6, 6.07) is 0. The molecule has 118 valence electrons. The van der Waals surface area contributed by atoms with Gasteiger partial charge in [-0.15, -0.1) is 4.37 Å². The quantitative estimate of drug-likeness (QED) is 0.653. The second-order valence-electron chi connectivity index (χ2n) is 5.48. The molecule has 0 atom stereocenters. The molecule has 1 aliphatic heterocycles. The zero-order chi connectivity index (χ0) is 14.9. The molecule has 1 aromatic rings. The molecule has 1 aromatic heterocycles. The number of aromatic nitrogens is 2. The normalized spacial score (nSPS) is 16.0. The maximum atomic E-state index is 12.0. The minimum Gasteiger partial charge on any atom is -0.475 e. The monoisotopic (exact) mass is 313 g/mol. The van der Waals surface area contributed by atoms with Crippen LogP contribution in [0.5, 0.6) is 5.88 Å². The summed E-state index contributed by atoms with van der Waals surface area (Å²) in [4.78, 5) is 2.28. The van der Waals surface area contributed by atoms with E-state index >= 15 is 0 Å². The lowest BCUT2D eigenvalue weighted by Crippen LogP contribution is -2.25. The van der Waals surface area contributed by atoms with Gasteiger partial charge in [0.2, 0.25) is 0 Å². The SMILES string of the molecule is CN1CCC=C(c2nsnc2OCCCCCCCF)C1. The van der Waals surface area contributed by atoms with Crippen molar-refractivity contribution in [2.45, 2.75) is 38.5 Å². The van der Waals surface area contributed by atoms with E-state index in [4.69, 9.17) is 4.74 Å². The minimum atomic E-state index is -0.200. The lowest BCUT2D eigenvalue weighted by atomic mass is 10.1. The molecule has 4 nitrogen and oxygen atoms in total. The average Bonchev–Trinajstić information content (AvgIpc) is 2.95. The Labute approximate surface area is 130 Å². The number of likely N-dealkylation sites (N-methyl/N-ethyl adjacent to an activating group) is 1. The number of rotatable bonds is 9. The number of hydrogen-bond donors (Lipinski definition) is 0. The molecule has 0 spiro atoms. The number of halogens is 1. The van der Waals surface area contributed by atoms with Gasteiger partial charge in [0.05, 0.1) is 25.0 Å². The molecule has 2 heterocycles. The number of ether oxygens (including phenoxy) is 1. The van der Waals surface area contributed by atoms with E-state index in [-0.39, 0.29) is 6.67 Å². The zero-order valence-electron chi connectivity index (χ0n) is 12.7. The van der Waals surface area contributed by atoms with Gasteiger partial charge in [-0.25, -0.2) is 0 Å². The number of hydrogen-bond acceptors (Lipinski definition) is 5. The Morgan fingerprint density at radius 3 is 2.86 bits per heavy atom. The van der Waals surface area contributed by atoms with E-state index in [1.165, 1.54) is 17.3 Å². The first-order chi connectivity index (χ1) is 10.3. The Hall–Kier alpha value is -1.01. The fourth-order valence-electron chi connectivity index (χ4n) is 2.43. The molecular weight excluding hydrogens is 289 g/mol. The third kappa shape index (κ3) is 5.36. The molecule has 2 rings (SSSR count). The van der Waals surface area contributed by atoms with Crippen molar-refractivity contribution in [1.82, 2.24) is 13.6 Å². The van der Waals surface area contributed by atoms with Gasteiger partial charge in [-0.05, 0) is 31.9 Å². The average molecular weight is 313 g/mol. The van der Waals surface area contributed by atoms with Crippen molar-refractivity contribution in [1.29, 1.82) is 0 Å². The lowest BCUT2D eigenvalue weighted by molar-refractivity contribution is 0.293. The molecule has 0 fully saturated rings. The summed E-state index contributed by atoms with van der Waals surface area (Å²) in [7, 11) is 2.12. The summed E-state index contributed by atoms with van der Waals surface area (Å²) in [6.45, 7) is 2.46. The standard InChI is InChI=1S/C15H24FN3OS/c1-19-10-7-8-13(12-19)14-15(18-21-17-14)20-11-6-4-2-3-5-9-16/h8H,2-7,9-12H2,1H3. The van der Waals surface area contributed by atoms with Crippen molar-refractivity contribution in [3.8, 4) is 5.88 Å². The summed E-state index contributed by atoms with van der Waals surface area (Å²) >= 11 is 1.21. The summed E-state index contributed by atoms with van der Waals surface area (Å²) in [5.41, 5.74) is 2.12. The van der Waals surface area contributed by atoms with Gasteiger partial charge in [0, 0.05) is 13.1 Å². The van der Waals surface area contributed by atoms with Crippen molar-refractivity contribution in [3.05, 3.63) is 11.8 Å². The molecule has 0 radical (unpaired) electrons. The fourth-order valence-corrected chi connectivity index (χ4v) is 2.96. The van der Waals surface area contributed by atoms with Gasteiger partial charge in [-0.3, -0.25) is 4.39 Å². The maximum Gasteiger partial charge on any atom is 0.253 e. The van der Waals surface area contributed by atoms with Gasteiger partial charge in [-0.1, -0.05) is 25.3 Å². The van der Waals surface area contributed by atoms with Crippen molar-refractivity contribution >= 4 is 17.3 Å². The molecule has 0 bridgehead atoms. The van der Waals surface area contributed by atoms with Crippen LogP contribution in [0.3, 0.4) is 0 Å². The largest absolute Gasteiger partial charge is 0.475 e. The highest BCUT2D eigenvalue weighted by molar-refractivity contribution is 6.99. The van der Waals surface area contributed by atoms with E-state index in [0.29, 0.717) is 18.9 Å². The molecule has 0 amide bonds. The van der Waals surface area contributed by atoms with Crippen molar-refractivity contribution < 1.29 is 9.13 Å². The van der Waals surface area contributed by atoms with Gasteiger partial charge in [0.25, 0.3) is 5.88 Å². The highest BCUT2D eigenvalue weighted by Crippen LogP contribution is 2.27. The van der Waals surface area contributed by atoms with Crippen LogP contribution in [0, 0.1) is 0 Å². The van der Waals surface area contributed by atoms with E-state index in [9.17, 15) is 4.39 Å². The second kappa shape index (κ2) is 9.10. The van der Waals surface area contributed by atoms with Gasteiger partial charge in [0.1, 0.15) is 5.69 Å². The van der Waals surface area contributed by atoms with Crippen LogP contribution in [0.1, 0.15) is 44.2 Å². The highest BCUT2D eigenvalue weighted by atomic mass is 32.1. The Morgan fingerprint density at radius 2 is 2.05 bits per heavy atom. The molecule has 6 heteroatoms. The molecule has 0 N–H and O–H groups in total. The Balaban J connectivity index is 1.74. The van der Waals surface area contributed by atoms with Crippen LogP contribution < -0.4 is 4.74 Å². The molecule has 0 saturated heterocycles. The predicted molar refractivity (Wildman–Crippen MR) is 84.6 cm³/mol. The maximum absolute atomic E-state index is 12.0. The predicted octanol–water partition coefficient (Wildman–Crippen LogP) is 3.56.